The standard InChI is InChI=1S/C17H21BrN2O2S2/c18-15-6-2-3-7-17(15)24(21,22)19-12-16(14-8-11-23-13-14)20-9-4-1-5-10-20/h2-3,6-8,11,13,16,19H,1,4-5,9-10,12H2. The van der Waals surface area contributed by atoms with Crippen molar-refractivity contribution in [3.63, 3.8) is 0 Å². The van der Waals surface area contributed by atoms with Crippen LogP contribution in [0.25, 0.3) is 0 Å². The monoisotopic (exact) mass is 428 g/mol. The van der Waals surface area contributed by atoms with Gasteiger partial charge < -0.3 is 0 Å². The molecule has 0 spiro atoms. The van der Waals surface area contributed by atoms with Crippen LogP contribution in [-0.2, 0) is 10.0 Å². The van der Waals surface area contributed by atoms with Crippen molar-refractivity contribution in [2.24, 2.45) is 0 Å². The van der Waals surface area contributed by atoms with Crippen molar-refractivity contribution in [1.29, 1.82) is 0 Å². The second kappa shape index (κ2) is 8.10. The van der Waals surface area contributed by atoms with Crippen molar-refractivity contribution in [2.75, 3.05) is 19.6 Å². The number of hydrogen-bond acceptors (Lipinski definition) is 4. The summed E-state index contributed by atoms with van der Waals surface area (Å²) in [5.41, 5.74) is 1.19. The van der Waals surface area contributed by atoms with Crippen LogP contribution in [0.2, 0.25) is 0 Å². The molecule has 1 aromatic carbocycles. The Morgan fingerprint density at radius 2 is 1.92 bits per heavy atom. The van der Waals surface area contributed by atoms with Crippen LogP contribution in [0.15, 0.2) is 50.5 Å². The number of nitrogens with one attached hydrogen (secondary N) is 1. The Labute approximate surface area is 156 Å². The van der Waals surface area contributed by atoms with Crippen molar-refractivity contribution in [1.82, 2.24) is 9.62 Å². The minimum atomic E-state index is -3.54. The van der Waals surface area contributed by atoms with Gasteiger partial charge in [0, 0.05) is 17.1 Å². The molecule has 2 heterocycles. The number of nitrogens with zero attached hydrogens (tertiary/aromatic N) is 1. The Morgan fingerprint density at radius 3 is 2.58 bits per heavy atom. The molecule has 0 saturated carbocycles. The SMILES string of the molecule is O=S(=O)(NCC(c1ccsc1)N1CCCCC1)c1ccccc1Br. The molecule has 24 heavy (non-hydrogen) atoms. The zero-order valence-corrected chi connectivity index (χ0v) is 16.5. The maximum Gasteiger partial charge on any atom is 0.241 e. The molecule has 1 aromatic heterocycles. The van der Waals surface area contributed by atoms with E-state index in [0.717, 1.165) is 13.1 Å². The van der Waals surface area contributed by atoms with Gasteiger partial charge in [0.25, 0.3) is 0 Å². The van der Waals surface area contributed by atoms with Crippen molar-refractivity contribution in [2.45, 2.75) is 30.2 Å². The summed E-state index contributed by atoms with van der Waals surface area (Å²) in [5, 5.41) is 4.17. The Kier molecular flexibility index (Phi) is 6.10. The summed E-state index contributed by atoms with van der Waals surface area (Å²) in [6.07, 6.45) is 3.62. The van der Waals surface area contributed by atoms with E-state index >= 15 is 0 Å². The third-order valence-corrected chi connectivity index (χ3v) is 7.49. The summed E-state index contributed by atoms with van der Waals surface area (Å²) in [4.78, 5) is 2.68. The van der Waals surface area contributed by atoms with Crippen LogP contribution in [0, 0.1) is 0 Å². The van der Waals surface area contributed by atoms with Gasteiger partial charge in [-0.1, -0.05) is 18.6 Å². The predicted octanol–water partition coefficient (Wildman–Crippen LogP) is 4.02. The van der Waals surface area contributed by atoms with Gasteiger partial charge in [-0.05, 0) is 76.4 Å². The van der Waals surface area contributed by atoms with Crippen molar-refractivity contribution < 1.29 is 8.42 Å². The van der Waals surface area contributed by atoms with E-state index in [1.807, 2.05) is 6.07 Å². The summed E-state index contributed by atoms with van der Waals surface area (Å²) in [6.45, 7) is 2.44. The molecule has 1 saturated heterocycles. The second-order valence-corrected chi connectivity index (χ2v) is 9.32. The van der Waals surface area contributed by atoms with Gasteiger partial charge in [-0.15, -0.1) is 0 Å². The summed E-state index contributed by atoms with van der Waals surface area (Å²) >= 11 is 4.98. The Bertz CT molecular complexity index is 757. The lowest BCUT2D eigenvalue weighted by Crippen LogP contribution is -2.40. The maximum atomic E-state index is 12.7. The van der Waals surface area contributed by atoms with Gasteiger partial charge in [0.15, 0.2) is 0 Å². The highest BCUT2D eigenvalue weighted by Crippen LogP contribution is 2.27. The highest BCUT2D eigenvalue weighted by Gasteiger charge is 2.25. The molecule has 1 aliphatic rings. The number of piperidine rings is 1. The first-order valence-electron chi connectivity index (χ1n) is 8.08. The molecule has 1 atom stereocenters. The van der Waals surface area contributed by atoms with Crippen LogP contribution >= 0.6 is 27.3 Å². The number of benzene rings is 1. The highest BCUT2D eigenvalue weighted by molar-refractivity contribution is 9.10. The van der Waals surface area contributed by atoms with Crippen LogP contribution < -0.4 is 4.72 Å². The third-order valence-electron chi connectivity index (χ3n) is 4.35. The summed E-state index contributed by atoms with van der Waals surface area (Å²) in [5.74, 6) is 0. The number of thiophene rings is 1. The quantitative estimate of drug-likeness (QED) is 0.755. The molecule has 2 aromatic rings. The average molecular weight is 429 g/mol. The molecule has 3 rings (SSSR count). The number of hydrogen-bond donors (Lipinski definition) is 1. The molecule has 1 N–H and O–H groups in total. The van der Waals surface area contributed by atoms with E-state index in [0.29, 0.717) is 11.0 Å². The minimum absolute atomic E-state index is 0.0915. The average Bonchev–Trinajstić information content (AvgIpc) is 3.10. The van der Waals surface area contributed by atoms with Crippen molar-refractivity contribution >= 4 is 37.3 Å². The summed E-state index contributed by atoms with van der Waals surface area (Å²) in [6, 6.07) is 9.10. The van der Waals surface area contributed by atoms with E-state index in [1.165, 1.54) is 24.8 Å². The first kappa shape index (κ1) is 18.1. The Hall–Kier alpha value is -0.730. The van der Waals surface area contributed by atoms with Gasteiger partial charge in [-0.3, -0.25) is 4.90 Å². The van der Waals surface area contributed by atoms with Crippen LogP contribution in [0.3, 0.4) is 0 Å². The molecule has 0 bridgehead atoms. The minimum Gasteiger partial charge on any atom is -0.295 e. The van der Waals surface area contributed by atoms with Crippen LogP contribution in [0.5, 0.6) is 0 Å². The van der Waals surface area contributed by atoms with Gasteiger partial charge in [0.05, 0.1) is 4.90 Å². The number of sulfonamides is 1. The zero-order chi connectivity index (χ0) is 17.0. The van der Waals surface area contributed by atoms with Gasteiger partial charge in [0.1, 0.15) is 0 Å². The smallest absolute Gasteiger partial charge is 0.241 e. The molecule has 1 fully saturated rings. The fourth-order valence-corrected chi connectivity index (χ4v) is 5.83. The molecule has 4 nitrogen and oxygen atoms in total. The molecule has 1 unspecified atom stereocenters. The summed E-state index contributed by atoms with van der Waals surface area (Å²) in [7, 11) is -3.54. The van der Waals surface area contributed by atoms with E-state index in [4.69, 9.17) is 0 Å². The zero-order valence-electron chi connectivity index (χ0n) is 13.3. The molecular formula is C17H21BrN2O2S2. The van der Waals surface area contributed by atoms with E-state index in [9.17, 15) is 8.42 Å². The molecule has 0 amide bonds. The molecule has 0 aliphatic carbocycles. The maximum absolute atomic E-state index is 12.7. The van der Waals surface area contributed by atoms with Crippen LogP contribution in [0.1, 0.15) is 30.9 Å². The number of halogens is 1. The first-order valence-corrected chi connectivity index (χ1v) is 11.3. The lowest BCUT2D eigenvalue weighted by Gasteiger charge is -2.34. The van der Waals surface area contributed by atoms with Crippen LogP contribution in [0.4, 0.5) is 0 Å². The van der Waals surface area contributed by atoms with E-state index in [1.54, 1.807) is 29.5 Å². The van der Waals surface area contributed by atoms with Gasteiger partial charge in [-0.2, -0.15) is 11.3 Å². The number of rotatable bonds is 6. The highest BCUT2D eigenvalue weighted by atomic mass is 79.9. The lowest BCUT2D eigenvalue weighted by molar-refractivity contribution is 0.165. The molecule has 7 heteroatoms. The lowest BCUT2D eigenvalue weighted by atomic mass is 10.0. The molecule has 1 aliphatic heterocycles. The van der Waals surface area contributed by atoms with E-state index in [-0.39, 0.29) is 10.9 Å². The Balaban J connectivity index is 1.77. The summed E-state index contributed by atoms with van der Waals surface area (Å²) < 4.78 is 28.7. The normalized spacial score (nSPS) is 17.7. The largest absolute Gasteiger partial charge is 0.295 e. The van der Waals surface area contributed by atoms with Gasteiger partial charge >= 0.3 is 0 Å². The topological polar surface area (TPSA) is 49.4 Å². The van der Waals surface area contributed by atoms with Crippen molar-refractivity contribution in [3.05, 3.63) is 51.1 Å². The Morgan fingerprint density at radius 1 is 1.17 bits per heavy atom. The van der Waals surface area contributed by atoms with Crippen LogP contribution in [-0.4, -0.2) is 33.0 Å². The van der Waals surface area contributed by atoms with E-state index < -0.39 is 10.0 Å². The fourth-order valence-electron chi connectivity index (χ4n) is 3.08. The molecule has 130 valence electrons. The third kappa shape index (κ3) is 4.26. The first-order chi connectivity index (χ1) is 11.6. The number of likely N-dealkylation sites (tertiary alicyclic amines) is 1. The molecule has 0 radical (unpaired) electrons. The predicted molar refractivity (Wildman–Crippen MR) is 102 cm³/mol. The molecular weight excluding hydrogens is 408 g/mol. The van der Waals surface area contributed by atoms with Crippen molar-refractivity contribution in [3.8, 4) is 0 Å². The fraction of sp³-hybridized carbons (Fsp3) is 0.412. The second-order valence-electron chi connectivity index (χ2n) is 5.95. The van der Waals surface area contributed by atoms with Gasteiger partial charge in [-0.25, -0.2) is 13.1 Å². The van der Waals surface area contributed by atoms with E-state index in [2.05, 4.69) is 42.4 Å². The van der Waals surface area contributed by atoms with Gasteiger partial charge in [0.2, 0.25) is 10.0 Å².